The number of hydrogen-bond acceptors (Lipinski definition) is 16. The lowest BCUT2D eigenvalue weighted by atomic mass is 9.94. The van der Waals surface area contributed by atoms with E-state index in [2.05, 4.69) is 10.6 Å². The third kappa shape index (κ3) is 7.23. The number of carbonyl (C=O) groups excluding carboxylic acids is 2. The van der Waals surface area contributed by atoms with E-state index in [1.165, 1.54) is 0 Å². The summed E-state index contributed by atoms with van der Waals surface area (Å²) in [7, 11) is 0. The van der Waals surface area contributed by atoms with Crippen LogP contribution in [0.15, 0.2) is 0 Å². The molecule has 0 aromatic carbocycles. The summed E-state index contributed by atoms with van der Waals surface area (Å²) in [6.07, 6.45) is -20.7. The molecule has 3 saturated heterocycles. The Morgan fingerprint density at radius 3 is 1.73 bits per heavy atom. The predicted octanol–water partition coefficient (Wildman–Crippen LogP) is -7.29. The van der Waals surface area contributed by atoms with Crippen LogP contribution in [0.1, 0.15) is 13.8 Å². The van der Waals surface area contributed by atoms with Gasteiger partial charge in [-0.15, -0.1) is 0 Å². The zero-order valence-electron chi connectivity index (χ0n) is 21.7. The summed E-state index contributed by atoms with van der Waals surface area (Å²) in [5.74, 6) is -1.27. The lowest BCUT2D eigenvalue weighted by Crippen LogP contribution is -2.69. The molecule has 18 nitrogen and oxygen atoms in total. The summed E-state index contributed by atoms with van der Waals surface area (Å²) >= 11 is 0. The maximum atomic E-state index is 11.9. The monoisotopic (exact) mass is 586 g/mol. The fourth-order valence-corrected chi connectivity index (χ4v) is 4.77. The van der Waals surface area contributed by atoms with Crippen molar-refractivity contribution in [1.29, 1.82) is 0 Å². The van der Waals surface area contributed by atoms with Crippen LogP contribution in [0, 0.1) is 0 Å². The molecule has 3 heterocycles. The van der Waals surface area contributed by atoms with Gasteiger partial charge in [0.15, 0.2) is 18.9 Å². The van der Waals surface area contributed by atoms with Gasteiger partial charge >= 0.3 is 0 Å². The Hall–Kier alpha value is -1.62. The van der Waals surface area contributed by atoms with Gasteiger partial charge in [0.25, 0.3) is 0 Å². The van der Waals surface area contributed by atoms with Gasteiger partial charge in [0, 0.05) is 13.8 Å². The molecule has 0 saturated carbocycles. The first kappa shape index (κ1) is 32.9. The fraction of sp³-hybridized carbons (Fsp3) is 0.909. The van der Waals surface area contributed by atoms with Crippen molar-refractivity contribution < 1.29 is 79.2 Å². The number of hydrogen-bond donors (Lipinski definition) is 11. The normalized spacial score (nSPS) is 46.0. The van der Waals surface area contributed by atoms with E-state index in [0.717, 1.165) is 13.8 Å². The Balaban J connectivity index is 1.79. The van der Waals surface area contributed by atoms with Crippen molar-refractivity contribution in [2.75, 3.05) is 19.8 Å². The predicted molar refractivity (Wildman–Crippen MR) is 124 cm³/mol. The standard InChI is InChI=1S/C22H38N2O16/c1-6(27)23-11-15(31)13(29)8(3-25)38-22(11)40-19-9(4-26)39-21(12(16(19)32)24-7(2)28)36-5-10-14(30)17(33)18(34)20(35)37-10/h8-22,25-26,29-35H,3-5H2,1-2H3,(H,23,27)(H,24,28)/t8-,9-,10-,11-,12-,13-,14-,15-,16-,17+,18-,19-,20?,21-,22+/m1/s1. The molecule has 2 amide bonds. The summed E-state index contributed by atoms with van der Waals surface area (Å²) in [5, 5.41) is 95.7. The Kier molecular flexibility index (Phi) is 11.5. The van der Waals surface area contributed by atoms with Crippen LogP contribution in [0.3, 0.4) is 0 Å². The summed E-state index contributed by atoms with van der Waals surface area (Å²) in [5.41, 5.74) is 0. The highest BCUT2D eigenvalue weighted by molar-refractivity contribution is 5.73. The molecule has 15 atom stereocenters. The summed E-state index contributed by atoms with van der Waals surface area (Å²) in [6.45, 7) is 0.159. The van der Waals surface area contributed by atoms with Gasteiger partial charge in [-0.2, -0.15) is 0 Å². The number of aliphatic hydroxyl groups is 9. The molecule has 1 unspecified atom stereocenters. The molecule has 232 valence electrons. The molecule has 0 aromatic heterocycles. The molecule has 0 aromatic rings. The number of carbonyl (C=O) groups is 2. The second-order valence-electron chi connectivity index (χ2n) is 9.85. The highest BCUT2D eigenvalue weighted by Gasteiger charge is 2.52. The van der Waals surface area contributed by atoms with Crippen molar-refractivity contribution in [3.8, 4) is 0 Å². The molecule has 40 heavy (non-hydrogen) atoms. The van der Waals surface area contributed by atoms with E-state index in [-0.39, 0.29) is 0 Å². The molecule has 3 aliphatic rings. The van der Waals surface area contributed by atoms with Crippen LogP contribution in [0.25, 0.3) is 0 Å². The molecule has 3 fully saturated rings. The molecule has 3 rings (SSSR count). The van der Waals surface area contributed by atoms with E-state index in [0.29, 0.717) is 0 Å². The SMILES string of the molecule is CC(=O)N[C@H]1[C@H](OC[C@H]2OC(O)[C@H](O)[C@@H](O)[C@@H]2O)O[C@H](CO)[C@@H](O[C@@H]2O[C@H](CO)[C@@H](O)[C@H](O)[C@H]2NC(C)=O)[C@@H]1O. The largest absolute Gasteiger partial charge is 0.394 e. The average molecular weight is 587 g/mol. The first-order valence-corrected chi connectivity index (χ1v) is 12.6. The minimum atomic E-state index is -1.84. The topological polar surface area (TPSA) is 286 Å². The molecule has 0 bridgehead atoms. The maximum Gasteiger partial charge on any atom is 0.217 e. The van der Waals surface area contributed by atoms with Gasteiger partial charge in [-0.1, -0.05) is 0 Å². The molecule has 0 radical (unpaired) electrons. The Morgan fingerprint density at radius 1 is 0.650 bits per heavy atom. The van der Waals surface area contributed by atoms with Gasteiger partial charge < -0.3 is 80.3 Å². The fourth-order valence-electron chi connectivity index (χ4n) is 4.77. The second kappa shape index (κ2) is 14.0. The first-order valence-electron chi connectivity index (χ1n) is 12.6. The second-order valence-corrected chi connectivity index (χ2v) is 9.85. The van der Waals surface area contributed by atoms with Gasteiger partial charge in [0.2, 0.25) is 11.8 Å². The number of ether oxygens (including phenoxy) is 5. The lowest BCUT2D eigenvalue weighted by molar-refractivity contribution is -0.339. The van der Waals surface area contributed by atoms with E-state index in [1.807, 2.05) is 0 Å². The summed E-state index contributed by atoms with van der Waals surface area (Å²) < 4.78 is 27.6. The average Bonchev–Trinajstić information content (AvgIpc) is 2.90. The van der Waals surface area contributed by atoms with Crippen molar-refractivity contribution in [1.82, 2.24) is 10.6 Å². The number of aliphatic hydroxyl groups excluding tert-OH is 9. The van der Waals surface area contributed by atoms with Gasteiger partial charge in [0.1, 0.15) is 73.1 Å². The van der Waals surface area contributed by atoms with Gasteiger partial charge in [0.05, 0.1) is 19.8 Å². The third-order valence-electron chi connectivity index (χ3n) is 6.88. The number of nitrogens with one attached hydrogen (secondary N) is 2. The number of rotatable bonds is 9. The summed E-state index contributed by atoms with van der Waals surface area (Å²) in [6, 6.07) is -2.77. The zero-order valence-corrected chi connectivity index (χ0v) is 21.7. The quantitative estimate of drug-likeness (QED) is 0.120. The molecule has 3 aliphatic heterocycles. The van der Waals surface area contributed by atoms with Crippen LogP contribution in [0.5, 0.6) is 0 Å². The van der Waals surface area contributed by atoms with Gasteiger partial charge in [-0.25, -0.2) is 0 Å². The Morgan fingerprint density at radius 2 is 1.18 bits per heavy atom. The molecule has 18 heteroatoms. The highest BCUT2D eigenvalue weighted by Crippen LogP contribution is 2.30. The lowest BCUT2D eigenvalue weighted by Gasteiger charge is -2.48. The van der Waals surface area contributed by atoms with E-state index >= 15 is 0 Å². The van der Waals surface area contributed by atoms with Crippen molar-refractivity contribution in [2.24, 2.45) is 0 Å². The Bertz CT molecular complexity index is 854. The van der Waals surface area contributed by atoms with Crippen LogP contribution in [-0.4, -0.2) is 170 Å². The molecule has 0 spiro atoms. The molecular weight excluding hydrogens is 548 g/mol. The maximum absolute atomic E-state index is 11.9. The van der Waals surface area contributed by atoms with Crippen LogP contribution in [0.4, 0.5) is 0 Å². The van der Waals surface area contributed by atoms with Crippen LogP contribution in [-0.2, 0) is 33.3 Å². The highest BCUT2D eigenvalue weighted by atomic mass is 16.7. The molecule has 11 N–H and O–H groups in total. The minimum Gasteiger partial charge on any atom is -0.394 e. The van der Waals surface area contributed by atoms with E-state index < -0.39 is 124 Å². The van der Waals surface area contributed by atoms with E-state index in [1.54, 1.807) is 0 Å². The third-order valence-corrected chi connectivity index (χ3v) is 6.88. The van der Waals surface area contributed by atoms with Crippen molar-refractivity contribution in [3.63, 3.8) is 0 Å². The van der Waals surface area contributed by atoms with Crippen LogP contribution in [0.2, 0.25) is 0 Å². The Labute approximate surface area is 228 Å². The van der Waals surface area contributed by atoms with Crippen molar-refractivity contribution >= 4 is 11.8 Å². The van der Waals surface area contributed by atoms with Crippen molar-refractivity contribution in [2.45, 2.75) is 106 Å². The first-order chi connectivity index (χ1) is 18.8. The van der Waals surface area contributed by atoms with Crippen LogP contribution >= 0.6 is 0 Å². The molecular formula is C22H38N2O16. The van der Waals surface area contributed by atoms with Crippen molar-refractivity contribution in [3.05, 3.63) is 0 Å². The zero-order chi connectivity index (χ0) is 29.9. The molecule has 0 aliphatic carbocycles. The summed E-state index contributed by atoms with van der Waals surface area (Å²) in [4.78, 5) is 23.6. The van der Waals surface area contributed by atoms with Gasteiger partial charge in [-0.3, -0.25) is 9.59 Å². The van der Waals surface area contributed by atoms with E-state index in [9.17, 15) is 55.5 Å². The van der Waals surface area contributed by atoms with Crippen LogP contribution < -0.4 is 10.6 Å². The number of amides is 2. The minimum absolute atomic E-state index is 0.572. The van der Waals surface area contributed by atoms with E-state index in [4.69, 9.17) is 23.7 Å². The van der Waals surface area contributed by atoms with Gasteiger partial charge in [-0.05, 0) is 0 Å². The smallest absolute Gasteiger partial charge is 0.217 e.